The molecule has 1 aromatic rings. The number of benzene rings is 1. The SMILES string of the molecule is CCC(CC)(CC)NCc1cccc2c1OCCO2. The summed E-state index contributed by atoms with van der Waals surface area (Å²) in [6.45, 7) is 8.87. The van der Waals surface area contributed by atoms with Crippen LogP contribution in [0.25, 0.3) is 0 Å². The minimum atomic E-state index is 0.234. The molecule has 1 heterocycles. The topological polar surface area (TPSA) is 30.5 Å². The molecule has 0 fully saturated rings. The fourth-order valence-corrected chi connectivity index (χ4v) is 2.68. The molecule has 0 aromatic heterocycles. The summed E-state index contributed by atoms with van der Waals surface area (Å²) in [6.07, 6.45) is 3.44. The minimum Gasteiger partial charge on any atom is -0.486 e. The van der Waals surface area contributed by atoms with Gasteiger partial charge in [-0.3, -0.25) is 0 Å². The van der Waals surface area contributed by atoms with Gasteiger partial charge in [-0.05, 0) is 25.3 Å². The first-order valence-electron chi connectivity index (χ1n) is 7.37. The molecule has 3 nitrogen and oxygen atoms in total. The van der Waals surface area contributed by atoms with Crippen LogP contribution in [0.4, 0.5) is 0 Å². The maximum Gasteiger partial charge on any atom is 0.165 e. The highest BCUT2D eigenvalue weighted by Crippen LogP contribution is 2.34. The van der Waals surface area contributed by atoms with Gasteiger partial charge in [-0.1, -0.05) is 32.9 Å². The van der Waals surface area contributed by atoms with Crippen LogP contribution < -0.4 is 14.8 Å². The molecule has 19 heavy (non-hydrogen) atoms. The molecule has 2 rings (SSSR count). The summed E-state index contributed by atoms with van der Waals surface area (Å²) in [5.74, 6) is 1.79. The van der Waals surface area contributed by atoms with Crippen molar-refractivity contribution >= 4 is 0 Å². The third kappa shape index (κ3) is 3.03. The van der Waals surface area contributed by atoms with Crippen molar-refractivity contribution in [3.05, 3.63) is 23.8 Å². The zero-order valence-corrected chi connectivity index (χ0v) is 12.3. The molecule has 1 aliphatic heterocycles. The largest absolute Gasteiger partial charge is 0.486 e. The number of nitrogens with one attached hydrogen (secondary N) is 1. The predicted molar refractivity (Wildman–Crippen MR) is 77.9 cm³/mol. The Morgan fingerprint density at radius 2 is 1.74 bits per heavy atom. The summed E-state index contributed by atoms with van der Waals surface area (Å²) in [5.41, 5.74) is 1.43. The lowest BCUT2D eigenvalue weighted by Crippen LogP contribution is -2.43. The van der Waals surface area contributed by atoms with E-state index in [9.17, 15) is 0 Å². The van der Waals surface area contributed by atoms with Gasteiger partial charge in [0.25, 0.3) is 0 Å². The van der Waals surface area contributed by atoms with Gasteiger partial charge in [-0.15, -0.1) is 0 Å². The highest BCUT2D eigenvalue weighted by molar-refractivity contribution is 5.47. The highest BCUT2D eigenvalue weighted by Gasteiger charge is 2.24. The number of para-hydroxylation sites is 1. The van der Waals surface area contributed by atoms with Gasteiger partial charge in [-0.25, -0.2) is 0 Å². The summed E-state index contributed by atoms with van der Waals surface area (Å²) in [6, 6.07) is 6.13. The second kappa shape index (κ2) is 6.29. The zero-order valence-electron chi connectivity index (χ0n) is 12.3. The molecule has 0 amide bonds. The van der Waals surface area contributed by atoms with Crippen LogP contribution in [0.5, 0.6) is 11.5 Å². The number of ether oxygens (including phenoxy) is 2. The Morgan fingerprint density at radius 1 is 1.05 bits per heavy atom. The van der Waals surface area contributed by atoms with Gasteiger partial charge in [0, 0.05) is 17.6 Å². The molecule has 0 radical (unpaired) electrons. The third-order valence-corrected chi connectivity index (χ3v) is 4.33. The van der Waals surface area contributed by atoms with E-state index in [0.29, 0.717) is 13.2 Å². The standard InChI is InChI=1S/C16H25NO2/c1-4-16(5-2,6-3)17-12-13-8-7-9-14-15(13)19-11-10-18-14/h7-9,17H,4-6,10-12H2,1-3H3. The van der Waals surface area contributed by atoms with E-state index in [-0.39, 0.29) is 5.54 Å². The summed E-state index contributed by atoms with van der Waals surface area (Å²) < 4.78 is 11.4. The number of fused-ring (bicyclic) bond motifs is 1. The Morgan fingerprint density at radius 3 is 2.42 bits per heavy atom. The van der Waals surface area contributed by atoms with Gasteiger partial charge in [0.15, 0.2) is 11.5 Å². The maximum absolute atomic E-state index is 5.76. The van der Waals surface area contributed by atoms with Gasteiger partial charge in [-0.2, -0.15) is 0 Å². The second-order valence-corrected chi connectivity index (χ2v) is 5.14. The summed E-state index contributed by atoms with van der Waals surface area (Å²) in [4.78, 5) is 0. The molecule has 0 spiro atoms. The average Bonchev–Trinajstić information content (AvgIpc) is 2.49. The lowest BCUT2D eigenvalue weighted by Gasteiger charge is -2.32. The number of rotatable bonds is 6. The molecule has 1 aliphatic rings. The Bertz CT molecular complexity index is 405. The van der Waals surface area contributed by atoms with Gasteiger partial charge in [0.1, 0.15) is 13.2 Å². The summed E-state index contributed by atoms with van der Waals surface area (Å²) in [5, 5.41) is 3.71. The predicted octanol–water partition coefficient (Wildman–Crippen LogP) is 3.52. The first kappa shape index (κ1) is 14.2. The molecular formula is C16H25NO2. The monoisotopic (exact) mass is 263 g/mol. The smallest absolute Gasteiger partial charge is 0.165 e. The molecule has 1 N–H and O–H groups in total. The molecule has 0 aliphatic carbocycles. The van der Waals surface area contributed by atoms with Crippen LogP contribution in [0, 0.1) is 0 Å². The van der Waals surface area contributed by atoms with Crippen LogP contribution in [0.2, 0.25) is 0 Å². The molecule has 3 heteroatoms. The van der Waals surface area contributed by atoms with Crippen molar-refractivity contribution in [2.24, 2.45) is 0 Å². The highest BCUT2D eigenvalue weighted by atomic mass is 16.6. The van der Waals surface area contributed by atoms with Crippen LogP contribution in [0.1, 0.15) is 45.6 Å². The van der Waals surface area contributed by atoms with Crippen molar-refractivity contribution in [1.82, 2.24) is 5.32 Å². The summed E-state index contributed by atoms with van der Waals surface area (Å²) in [7, 11) is 0. The van der Waals surface area contributed by atoms with Crippen LogP contribution in [-0.2, 0) is 6.54 Å². The van der Waals surface area contributed by atoms with E-state index in [2.05, 4.69) is 32.2 Å². The van der Waals surface area contributed by atoms with Crippen molar-refractivity contribution in [2.45, 2.75) is 52.1 Å². The lowest BCUT2D eigenvalue weighted by molar-refractivity contribution is 0.169. The Labute approximate surface area is 116 Å². The average molecular weight is 263 g/mol. The van der Waals surface area contributed by atoms with Crippen LogP contribution >= 0.6 is 0 Å². The van der Waals surface area contributed by atoms with E-state index < -0.39 is 0 Å². The Hall–Kier alpha value is -1.22. The van der Waals surface area contributed by atoms with Crippen molar-refractivity contribution in [1.29, 1.82) is 0 Å². The summed E-state index contributed by atoms with van der Waals surface area (Å²) >= 11 is 0. The zero-order chi connectivity index (χ0) is 13.7. The normalized spacial score (nSPS) is 14.5. The first-order chi connectivity index (χ1) is 9.24. The molecule has 0 atom stereocenters. The first-order valence-corrected chi connectivity index (χ1v) is 7.37. The van der Waals surface area contributed by atoms with E-state index in [0.717, 1.165) is 37.3 Å². The van der Waals surface area contributed by atoms with Gasteiger partial charge >= 0.3 is 0 Å². The molecule has 0 unspecified atom stereocenters. The van der Waals surface area contributed by atoms with E-state index in [4.69, 9.17) is 9.47 Å². The number of hydrogen-bond donors (Lipinski definition) is 1. The quantitative estimate of drug-likeness (QED) is 0.852. The van der Waals surface area contributed by atoms with Gasteiger partial charge in [0.2, 0.25) is 0 Å². The maximum atomic E-state index is 5.76. The van der Waals surface area contributed by atoms with Crippen molar-refractivity contribution in [2.75, 3.05) is 13.2 Å². The lowest BCUT2D eigenvalue weighted by atomic mass is 9.89. The van der Waals surface area contributed by atoms with Crippen LogP contribution in [0.3, 0.4) is 0 Å². The third-order valence-electron chi connectivity index (χ3n) is 4.33. The van der Waals surface area contributed by atoms with Crippen LogP contribution in [-0.4, -0.2) is 18.8 Å². The van der Waals surface area contributed by atoms with E-state index in [1.807, 2.05) is 12.1 Å². The molecule has 1 aromatic carbocycles. The van der Waals surface area contributed by atoms with E-state index >= 15 is 0 Å². The molecular weight excluding hydrogens is 238 g/mol. The van der Waals surface area contributed by atoms with Crippen molar-refractivity contribution < 1.29 is 9.47 Å². The van der Waals surface area contributed by atoms with E-state index in [1.165, 1.54) is 5.56 Å². The fourth-order valence-electron chi connectivity index (χ4n) is 2.68. The fraction of sp³-hybridized carbons (Fsp3) is 0.625. The molecule has 106 valence electrons. The molecule has 0 saturated heterocycles. The number of hydrogen-bond acceptors (Lipinski definition) is 3. The molecule has 0 saturated carbocycles. The van der Waals surface area contributed by atoms with Gasteiger partial charge in [0.05, 0.1) is 0 Å². The minimum absolute atomic E-state index is 0.234. The van der Waals surface area contributed by atoms with E-state index in [1.54, 1.807) is 0 Å². The Balaban J connectivity index is 2.11. The van der Waals surface area contributed by atoms with Crippen molar-refractivity contribution in [3.8, 4) is 11.5 Å². The second-order valence-electron chi connectivity index (χ2n) is 5.14. The molecule has 0 bridgehead atoms. The van der Waals surface area contributed by atoms with Gasteiger partial charge < -0.3 is 14.8 Å². The van der Waals surface area contributed by atoms with Crippen molar-refractivity contribution in [3.63, 3.8) is 0 Å². The Kier molecular flexibility index (Phi) is 4.70. The van der Waals surface area contributed by atoms with Crippen LogP contribution in [0.15, 0.2) is 18.2 Å².